The molecule has 1 aromatic rings. The van der Waals surface area contributed by atoms with E-state index in [0.29, 0.717) is 27.1 Å². The Hall–Kier alpha value is 0.470. The lowest BCUT2D eigenvalue weighted by Crippen LogP contribution is -1.90. The fraction of sp³-hybridized carbons (Fsp3) is 0.400. The second-order valence-electron chi connectivity index (χ2n) is 3.39. The first-order valence-electron chi connectivity index (χ1n) is 4.95. The number of halogens is 3. The predicted molar refractivity (Wildman–Crippen MR) is 78.0 cm³/mol. The molecule has 96 valence electrons. The molecule has 0 saturated heterocycles. The van der Waals surface area contributed by atoms with E-state index in [0.717, 1.165) is 17.8 Å². The zero-order valence-corrected chi connectivity index (χ0v) is 13.4. The average molecular weight is 334 g/mol. The smallest absolute Gasteiger partial charge is 0.393 e. The van der Waals surface area contributed by atoms with Gasteiger partial charge in [-0.1, -0.05) is 30.1 Å². The minimum Gasteiger partial charge on any atom is -0.424 e. The molecule has 0 saturated carbocycles. The maximum Gasteiger partial charge on any atom is 0.393 e. The van der Waals surface area contributed by atoms with Gasteiger partial charge in [0.1, 0.15) is 5.75 Å². The molecule has 0 amide bonds. The molecule has 1 aromatic carbocycles. The van der Waals surface area contributed by atoms with Crippen molar-refractivity contribution < 1.29 is 9.09 Å². The third kappa shape index (κ3) is 4.92. The van der Waals surface area contributed by atoms with Crippen LogP contribution in [0.2, 0.25) is 10.0 Å². The molecule has 1 atom stereocenters. The van der Waals surface area contributed by atoms with Crippen molar-refractivity contribution >= 4 is 51.7 Å². The van der Waals surface area contributed by atoms with Crippen molar-refractivity contribution in [3.63, 3.8) is 0 Å². The molecule has 0 N–H and O–H groups in total. The van der Waals surface area contributed by atoms with Gasteiger partial charge in [-0.3, -0.25) is 0 Å². The molecule has 0 aliphatic carbocycles. The largest absolute Gasteiger partial charge is 0.424 e. The standard InChI is InChI=1S/C10H12Cl3O2PS/c1-3-4-17-16(13,14)15-10-7(2)5-8(11)6-9(10)12/h5-6H,3-4H2,1-2H3. The molecule has 1 unspecified atom stereocenters. The monoisotopic (exact) mass is 332 g/mol. The van der Waals surface area contributed by atoms with Crippen LogP contribution in [-0.2, 0) is 4.57 Å². The molecular formula is C10H12Cl3O2PS. The summed E-state index contributed by atoms with van der Waals surface area (Å²) < 4.78 is 17.3. The van der Waals surface area contributed by atoms with Gasteiger partial charge in [0.15, 0.2) is 0 Å². The first kappa shape index (κ1) is 15.5. The average Bonchev–Trinajstić information content (AvgIpc) is 2.21. The highest BCUT2D eigenvalue weighted by Gasteiger charge is 2.24. The Morgan fingerprint density at radius 2 is 2.06 bits per heavy atom. The summed E-state index contributed by atoms with van der Waals surface area (Å²) in [5.41, 5.74) is 0.709. The quantitative estimate of drug-likeness (QED) is 0.603. The van der Waals surface area contributed by atoms with Crippen LogP contribution in [0.25, 0.3) is 0 Å². The van der Waals surface area contributed by atoms with Gasteiger partial charge < -0.3 is 4.52 Å². The maximum atomic E-state index is 11.9. The van der Waals surface area contributed by atoms with Crippen LogP contribution in [-0.4, -0.2) is 5.75 Å². The Balaban J connectivity index is 2.91. The maximum absolute atomic E-state index is 11.9. The van der Waals surface area contributed by atoms with E-state index in [9.17, 15) is 4.57 Å². The normalized spacial score (nSPS) is 14.4. The van der Waals surface area contributed by atoms with Gasteiger partial charge in [-0.05, 0) is 53.7 Å². The molecule has 0 heterocycles. The van der Waals surface area contributed by atoms with Gasteiger partial charge in [-0.2, -0.15) is 0 Å². The van der Waals surface area contributed by atoms with E-state index in [1.54, 1.807) is 13.0 Å². The van der Waals surface area contributed by atoms with Gasteiger partial charge in [0.2, 0.25) is 0 Å². The second kappa shape index (κ2) is 6.58. The van der Waals surface area contributed by atoms with Crippen molar-refractivity contribution in [2.75, 3.05) is 5.75 Å². The van der Waals surface area contributed by atoms with Crippen molar-refractivity contribution in [1.29, 1.82) is 0 Å². The summed E-state index contributed by atoms with van der Waals surface area (Å²) in [5, 5.41) is 0.818. The van der Waals surface area contributed by atoms with Crippen molar-refractivity contribution in [1.82, 2.24) is 0 Å². The molecule has 17 heavy (non-hydrogen) atoms. The zero-order chi connectivity index (χ0) is 13.1. The molecule has 2 nitrogen and oxygen atoms in total. The summed E-state index contributed by atoms with van der Waals surface area (Å²) in [6, 6.07) is 3.22. The molecular weight excluding hydrogens is 322 g/mol. The molecule has 7 heteroatoms. The number of hydrogen-bond donors (Lipinski definition) is 0. The van der Waals surface area contributed by atoms with E-state index in [1.807, 2.05) is 6.92 Å². The van der Waals surface area contributed by atoms with Crippen LogP contribution in [0.1, 0.15) is 18.9 Å². The van der Waals surface area contributed by atoms with Gasteiger partial charge >= 0.3 is 5.92 Å². The van der Waals surface area contributed by atoms with Gasteiger partial charge in [0.05, 0.1) is 5.02 Å². The van der Waals surface area contributed by atoms with Gasteiger partial charge in [-0.15, -0.1) is 0 Å². The summed E-state index contributed by atoms with van der Waals surface area (Å²) in [5.74, 6) is -2.24. The molecule has 0 fully saturated rings. The predicted octanol–water partition coefficient (Wildman–Crippen LogP) is 6.17. The lowest BCUT2D eigenvalue weighted by Gasteiger charge is -2.15. The lowest BCUT2D eigenvalue weighted by molar-refractivity contribution is 0.512. The summed E-state index contributed by atoms with van der Waals surface area (Å²) in [4.78, 5) is 0. The molecule has 1 rings (SSSR count). The van der Waals surface area contributed by atoms with Gasteiger partial charge in [-0.25, -0.2) is 4.57 Å². The number of aryl methyl sites for hydroxylation is 1. The highest BCUT2D eigenvalue weighted by Crippen LogP contribution is 2.64. The van der Waals surface area contributed by atoms with E-state index in [-0.39, 0.29) is 0 Å². The molecule has 0 radical (unpaired) electrons. The van der Waals surface area contributed by atoms with E-state index < -0.39 is 5.92 Å². The van der Waals surface area contributed by atoms with Crippen LogP contribution in [0.3, 0.4) is 0 Å². The molecule has 0 aliphatic rings. The summed E-state index contributed by atoms with van der Waals surface area (Å²) in [6.45, 7) is 3.75. The van der Waals surface area contributed by atoms with Crippen molar-refractivity contribution in [3.8, 4) is 5.75 Å². The zero-order valence-electron chi connectivity index (χ0n) is 9.37. The Bertz CT molecular complexity index is 430. The first-order chi connectivity index (χ1) is 7.85. The minimum atomic E-state index is -3.24. The number of benzene rings is 1. The third-order valence-electron chi connectivity index (χ3n) is 1.84. The van der Waals surface area contributed by atoms with Gasteiger partial charge in [0.25, 0.3) is 0 Å². The van der Waals surface area contributed by atoms with Crippen molar-refractivity contribution in [2.24, 2.45) is 0 Å². The Morgan fingerprint density at radius 3 is 2.59 bits per heavy atom. The van der Waals surface area contributed by atoms with Crippen LogP contribution >= 0.6 is 51.7 Å². The lowest BCUT2D eigenvalue weighted by atomic mass is 10.2. The van der Waals surface area contributed by atoms with Crippen LogP contribution < -0.4 is 4.52 Å². The van der Waals surface area contributed by atoms with E-state index in [4.69, 9.17) is 39.0 Å². The fourth-order valence-corrected chi connectivity index (χ4v) is 5.15. The summed E-state index contributed by atoms with van der Waals surface area (Å²) in [6.07, 6.45) is 0.873. The minimum absolute atomic E-state index is 0.313. The Kier molecular flexibility index (Phi) is 6.01. The van der Waals surface area contributed by atoms with Crippen LogP contribution in [0.5, 0.6) is 5.75 Å². The van der Waals surface area contributed by atoms with Crippen LogP contribution in [0.4, 0.5) is 0 Å². The first-order valence-corrected chi connectivity index (χ1v) is 9.83. The molecule has 0 aliphatic heterocycles. The summed E-state index contributed by atoms with van der Waals surface area (Å²) in [7, 11) is 0. The highest BCUT2D eigenvalue weighted by atomic mass is 35.7. The number of rotatable bonds is 5. The van der Waals surface area contributed by atoms with Crippen molar-refractivity contribution in [2.45, 2.75) is 20.3 Å². The number of hydrogen-bond acceptors (Lipinski definition) is 3. The van der Waals surface area contributed by atoms with E-state index >= 15 is 0 Å². The molecule has 0 spiro atoms. The Morgan fingerprint density at radius 1 is 1.41 bits per heavy atom. The SMILES string of the molecule is CCCSP(=O)(Cl)Oc1c(C)cc(Cl)cc1Cl. The Labute approximate surface area is 120 Å². The van der Waals surface area contributed by atoms with E-state index in [1.165, 1.54) is 6.07 Å². The second-order valence-corrected chi connectivity index (χ2v) is 10.1. The molecule has 0 aromatic heterocycles. The fourth-order valence-electron chi connectivity index (χ4n) is 1.14. The topological polar surface area (TPSA) is 26.3 Å². The van der Waals surface area contributed by atoms with Crippen LogP contribution in [0, 0.1) is 6.92 Å². The van der Waals surface area contributed by atoms with Crippen molar-refractivity contribution in [3.05, 3.63) is 27.7 Å². The van der Waals surface area contributed by atoms with E-state index in [2.05, 4.69) is 0 Å². The van der Waals surface area contributed by atoms with Crippen LogP contribution in [0.15, 0.2) is 12.1 Å². The van der Waals surface area contributed by atoms with Gasteiger partial charge in [0, 0.05) is 10.8 Å². The third-order valence-corrected chi connectivity index (χ3v) is 6.42. The highest BCUT2D eigenvalue weighted by molar-refractivity contribution is 8.63. The summed E-state index contributed by atoms with van der Waals surface area (Å²) >= 11 is 18.7. The molecule has 0 bridgehead atoms.